The summed E-state index contributed by atoms with van der Waals surface area (Å²) in [5, 5.41) is 1.13. The summed E-state index contributed by atoms with van der Waals surface area (Å²) in [5.74, 6) is 2.27. The average Bonchev–Trinajstić information content (AvgIpc) is 3.15. The zero-order chi connectivity index (χ0) is 19.1. The molecule has 2 aliphatic heterocycles. The summed E-state index contributed by atoms with van der Waals surface area (Å²) >= 11 is 6.07. The number of ether oxygens (including phenoxy) is 2. The largest absolute Gasteiger partial charge is 0.486 e. The molecule has 1 aromatic heterocycles. The fourth-order valence-electron chi connectivity index (χ4n) is 4.09. The molecule has 5 rings (SSSR count). The normalized spacial score (nSPS) is 19.2. The number of rotatable bonds is 3. The maximum absolute atomic E-state index is 12.4. The van der Waals surface area contributed by atoms with Crippen molar-refractivity contribution in [2.24, 2.45) is 0 Å². The van der Waals surface area contributed by atoms with E-state index in [0.29, 0.717) is 41.5 Å². The number of nitrogens with zero attached hydrogens (tertiary/aromatic N) is 2. The first-order valence-corrected chi connectivity index (χ1v) is 9.87. The molecule has 0 saturated carbocycles. The van der Waals surface area contributed by atoms with E-state index in [-0.39, 0.29) is 11.6 Å². The van der Waals surface area contributed by atoms with Crippen molar-refractivity contribution < 1.29 is 9.47 Å². The Morgan fingerprint density at radius 3 is 2.89 bits per heavy atom. The number of nitrogens with one attached hydrogen (secondary N) is 1. The average molecular weight is 398 g/mol. The molecule has 1 N–H and O–H groups in total. The van der Waals surface area contributed by atoms with Crippen LogP contribution in [0.2, 0.25) is 5.02 Å². The Hall–Kier alpha value is -2.57. The van der Waals surface area contributed by atoms with Crippen LogP contribution in [0.1, 0.15) is 30.3 Å². The van der Waals surface area contributed by atoms with Crippen molar-refractivity contribution in [3.8, 4) is 11.5 Å². The molecule has 0 spiro atoms. The van der Waals surface area contributed by atoms with Crippen molar-refractivity contribution in [3.05, 3.63) is 63.2 Å². The fourth-order valence-corrected chi connectivity index (χ4v) is 4.25. The Balaban J connectivity index is 1.43. The summed E-state index contributed by atoms with van der Waals surface area (Å²) < 4.78 is 11.4. The number of aromatic nitrogens is 2. The molecule has 7 heteroatoms. The number of hydrogen-bond acceptors (Lipinski definition) is 5. The summed E-state index contributed by atoms with van der Waals surface area (Å²) in [5.41, 5.74) is 1.70. The monoisotopic (exact) mass is 397 g/mol. The highest BCUT2D eigenvalue weighted by Crippen LogP contribution is 2.38. The van der Waals surface area contributed by atoms with E-state index in [0.717, 1.165) is 30.9 Å². The molecule has 1 unspecified atom stereocenters. The molecule has 3 heterocycles. The molecule has 2 aromatic carbocycles. The highest BCUT2D eigenvalue weighted by atomic mass is 35.5. The molecular weight excluding hydrogens is 378 g/mol. The van der Waals surface area contributed by atoms with Crippen molar-refractivity contribution in [3.63, 3.8) is 0 Å². The van der Waals surface area contributed by atoms with Crippen LogP contribution in [0.4, 0.5) is 0 Å². The van der Waals surface area contributed by atoms with Crippen molar-refractivity contribution in [1.29, 1.82) is 0 Å². The molecule has 3 aromatic rings. The molecule has 1 fully saturated rings. The SMILES string of the molecule is O=c1[nH]c(CN2CCCC2c2ccc3c(c2)OCCO3)nc2cc(Cl)ccc12. The van der Waals surface area contributed by atoms with Crippen LogP contribution in [-0.4, -0.2) is 34.6 Å². The van der Waals surface area contributed by atoms with Crippen LogP contribution in [0.15, 0.2) is 41.2 Å². The van der Waals surface area contributed by atoms with Gasteiger partial charge in [-0.05, 0) is 55.3 Å². The van der Waals surface area contributed by atoms with E-state index in [1.165, 1.54) is 5.56 Å². The fraction of sp³-hybridized carbons (Fsp3) is 0.333. The van der Waals surface area contributed by atoms with Crippen LogP contribution in [0.5, 0.6) is 11.5 Å². The van der Waals surface area contributed by atoms with Gasteiger partial charge in [-0.3, -0.25) is 9.69 Å². The minimum absolute atomic E-state index is 0.133. The Morgan fingerprint density at radius 1 is 1.14 bits per heavy atom. The first-order valence-electron chi connectivity index (χ1n) is 9.49. The van der Waals surface area contributed by atoms with Gasteiger partial charge in [0.05, 0.1) is 17.4 Å². The first kappa shape index (κ1) is 17.5. The van der Waals surface area contributed by atoms with Crippen LogP contribution < -0.4 is 15.0 Å². The van der Waals surface area contributed by atoms with Gasteiger partial charge >= 0.3 is 0 Å². The van der Waals surface area contributed by atoms with Crippen LogP contribution in [-0.2, 0) is 6.54 Å². The van der Waals surface area contributed by atoms with E-state index in [2.05, 4.69) is 27.0 Å². The van der Waals surface area contributed by atoms with Gasteiger partial charge < -0.3 is 14.5 Å². The summed E-state index contributed by atoms with van der Waals surface area (Å²) in [4.78, 5) is 22.3. The number of halogens is 1. The Kier molecular flexibility index (Phi) is 4.45. The van der Waals surface area contributed by atoms with Gasteiger partial charge in [0.25, 0.3) is 5.56 Å². The Morgan fingerprint density at radius 2 is 2.00 bits per heavy atom. The number of fused-ring (bicyclic) bond motifs is 2. The zero-order valence-electron chi connectivity index (χ0n) is 15.3. The summed E-state index contributed by atoms with van der Waals surface area (Å²) in [6.45, 7) is 2.70. The highest BCUT2D eigenvalue weighted by Gasteiger charge is 2.28. The third kappa shape index (κ3) is 3.23. The predicted molar refractivity (Wildman–Crippen MR) is 107 cm³/mol. The summed E-state index contributed by atoms with van der Waals surface area (Å²) in [6, 6.07) is 11.6. The molecule has 0 amide bonds. The van der Waals surface area contributed by atoms with E-state index in [1.807, 2.05) is 6.07 Å². The van der Waals surface area contributed by atoms with Gasteiger partial charge in [-0.2, -0.15) is 0 Å². The summed E-state index contributed by atoms with van der Waals surface area (Å²) in [7, 11) is 0. The first-order chi connectivity index (χ1) is 13.7. The number of hydrogen-bond donors (Lipinski definition) is 1. The molecule has 0 aliphatic carbocycles. The van der Waals surface area contributed by atoms with E-state index in [1.54, 1.807) is 18.2 Å². The lowest BCUT2D eigenvalue weighted by molar-refractivity contribution is 0.170. The third-order valence-corrected chi connectivity index (χ3v) is 5.62. The zero-order valence-corrected chi connectivity index (χ0v) is 16.0. The van der Waals surface area contributed by atoms with Crippen molar-refractivity contribution >= 4 is 22.5 Å². The second-order valence-electron chi connectivity index (χ2n) is 7.21. The molecule has 2 aliphatic rings. The predicted octanol–water partition coefficient (Wildman–Crippen LogP) is 3.68. The van der Waals surface area contributed by atoms with Crippen LogP contribution in [0.25, 0.3) is 10.9 Å². The second kappa shape index (κ2) is 7.11. The molecule has 0 radical (unpaired) electrons. The number of likely N-dealkylation sites (tertiary alicyclic amines) is 1. The third-order valence-electron chi connectivity index (χ3n) is 5.39. The molecule has 0 bridgehead atoms. The van der Waals surface area contributed by atoms with Crippen LogP contribution >= 0.6 is 11.6 Å². The van der Waals surface area contributed by atoms with E-state index >= 15 is 0 Å². The molecule has 28 heavy (non-hydrogen) atoms. The Bertz CT molecular complexity index is 1100. The van der Waals surface area contributed by atoms with Gasteiger partial charge in [0.15, 0.2) is 11.5 Å². The Labute approximate surface area is 167 Å². The van der Waals surface area contributed by atoms with Crippen LogP contribution in [0.3, 0.4) is 0 Å². The number of benzene rings is 2. The minimum atomic E-state index is -0.133. The number of aromatic amines is 1. The van der Waals surface area contributed by atoms with Gasteiger partial charge in [0.1, 0.15) is 19.0 Å². The maximum Gasteiger partial charge on any atom is 0.258 e. The topological polar surface area (TPSA) is 67.5 Å². The minimum Gasteiger partial charge on any atom is -0.486 e. The van der Waals surface area contributed by atoms with Gasteiger partial charge in [0, 0.05) is 11.1 Å². The highest BCUT2D eigenvalue weighted by molar-refractivity contribution is 6.31. The second-order valence-corrected chi connectivity index (χ2v) is 7.64. The molecule has 144 valence electrons. The van der Waals surface area contributed by atoms with Gasteiger partial charge in [-0.25, -0.2) is 4.98 Å². The van der Waals surface area contributed by atoms with Gasteiger partial charge in [0.2, 0.25) is 0 Å². The van der Waals surface area contributed by atoms with Crippen molar-refractivity contribution in [2.75, 3.05) is 19.8 Å². The lowest BCUT2D eigenvalue weighted by atomic mass is 10.0. The molecular formula is C21H20ClN3O3. The van der Waals surface area contributed by atoms with E-state index < -0.39 is 0 Å². The molecule has 1 atom stereocenters. The number of H-pyrrole nitrogens is 1. The van der Waals surface area contributed by atoms with E-state index in [4.69, 9.17) is 21.1 Å². The smallest absolute Gasteiger partial charge is 0.258 e. The lowest BCUT2D eigenvalue weighted by Gasteiger charge is -2.26. The molecule has 6 nitrogen and oxygen atoms in total. The van der Waals surface area contributed by atoms with Gasteiger partial charge in [-0.1, -0.05) is 17.7 Å². The van der Waals surface area contributed by atoms with Crippen molar-refractivity contribution in [1.82, 2.24) is 14.9 Å². The molecule has 1 saturated heterocycles. The maximum atomic E-state index is 12.4. The standard InChI is InChI=1S/C21H20ClN3O3/c22-14-4-5-15-16(11-14)23-20(24-21(15)26)12-25-7-1-2-17(25)13-3-6-18-19(10-13)28-9-8-27-18/h3-6,10-11,17H,1-2,7-9,12H2,(H,23,24,26). The lowest BCUT2D eigenvalue weighted by Crippen LogP contribution is -2.26. The quantitative estimate of drug-likeness (QED) is 0.730. The van der Waals surface area contributed by atoms with E-state index in [9.17, 15) is 4.79 Å². The van der Waals surface area contributed by atoms with Gasteiger partial charge in [-0.15, -0.1) is 0 Å². The van der Waals surface area contributed by atoms with Crippen molar-refractivity contribution in [2.45, 2.75) is 25.4 Å². The summed E-state index contributed by atoms with van der Waals surface area (Å²) in [6.07, 6.45) is 2.16. The van der Waals surface area contributed by atoms with Crippen LogP contribution in [0, 0.1) is 0 Å².